The maximum absolute atomic E-state index is 13.3. The van der Waals surface area contributed by atoms with Gasteiger partial charge in [0.05, 0.1) is 24.2 Å². The van der Waals surface area contributed by atoms with Crippen LogP contribution in [0.2, 0.25) is 0 Å². The molecule has 168 valence electrons. The Hall–Kier alpha value is -1.64. The molecule has 0 unspecified atom stereocenters. The Bertz CT molecular complexity index is 760. The Morgan fingerprint density at radius 1 is 1.10 bits per heavy atom. The van der Waals surface area contributed by atoms with Gasteiger partial charge in [0.25, 0.3) is 0 Å². The number of anilines is 1. The van der Waals surface area contributed by atoms with E-state index in [9.17, 15) is 13.9 Å². The van der Waals surface area contributed by atoms with Crippen molar-refractivity contribution in [1.29, 1.82) is 0 Å². The summed E-state index contributed by atoms with van der Waals surface area (Å²) in [5, 5.41) is 0. The number of ether oxygens (including phenoxy) is 1. The SMILES string of the molecule is CCOc1ccc(N2C[C@H]3CN(C(=O)N4CCS(O)(O)CC4)C[C@@H]2C(C)(C)C3)cc1. The maximum Gasteiger partial charge on any atom is 0.320 e. The van der Waals surface area contributed by atoms with Crippen molar-refractivity contribution in [2.45, 2.75) is 33.2 Å². The van der Waals surface area contributed by atoms with E-state index in [0.717, 1.165) is 25.3 Å². The number of benzene rings is 1. The van der Waals surface area contributed by atoms with Crippen molar-refractivity contribution in [3.05, 3.63) is 24.3 Å². The van der Waals surface area contributed by atoms with Gasteiger partial charge in [-0.2, -0.15) is 10.6 Å². The average Bonchev–Trinajstić information content (AvgIpc) is 2.95. The lowest BCUT2D eigenvalue weighted by molar-refractivity contribution is 0.152. The molecule has 30 heavy (non-hydrogen) atoms. The number of carbonyl (C=O) groups is 1. The summed E-state index contributed by atoms with van der Waals surface area (Å²) in [5.74, 6) is 1.89. The van der Waals surface area contributed by atoms with E-state index in [4.69, 9.17) is 4.74 Å². The van der Waals surface area contributed by atoms with Gasteiger partial charge < -0.3 is 19.4 Å². The Kier molecular flexibility index (Phi) is 5.85. The molecule has 2 N–H and O–H groups in total. The van der Waals surface area contributed by atoms with Crippen molar-refractivity contribution >= 4 is 22.3 Å². The van der Waals surface area contributed by atoms with Gasteiger partial charge in [0.15, 0.2) is 0 Å². The molecule has 0 spiro atoms. The molecular formula is C22H35N3O4S. The molecule has 0 aliphatic carbocycles. The third-order valence-electron chi connectivity index (χ3n) is 6.82. The third-order valence-corrected chi connectivity index (χ3v) is 8.49. The molecule has 7 nitrogen and oxygen atoms in total. The molecule has 8 heteroatoms. The van der Waals surface area contributed by atoms with Gasteiger partial charge in [0.1, 0.15) is 5.75 Å². The lowest BCUT2D eigenvalue weighted by atomic mass is 9.73. The zero-order valence-electron chi connectivity index (χ0n) is 18.3. The molecule has 4 fully saturated rings. The Labute approximate surface area is 181 Å². The van der Waals surface area contributed by atoms with Crippen LogP contribution in [0.4, 0.5) is 10.5 Å². The number of rotatable bonds is 3. The predicted molar refractivity (Wildman–Crippen MR) is 122 cm³/mol. The Morgan fingerprint density at radius 3 is 2.40 bits per heavy atom. The van der Waals surface area contributed by atoms with Gasteiger partial charge in [-0.05, 0) is 48.9 Å². The summed E-state index contributed by atoms with van der Waals surface area (Å²) in [7, 11) is -2.50. The van der Waals surface area contributed by atoms with Crippen LogP contribution in [0.5, 0.6) is 5.75 Å². The van der Waals surface area contributed by atoms with Crippen LogP contribution in [-0.4, -0.2) is 81.8 Å². The van der Waals surface area contributed by atoms with E-state index >= 15 is 0 Å². The molecule has 2 atom stereocenters. The van der Waals surface area contributed by atoms with Gasteiger partial charge in [-0.25, -0.2) is 4.79 Å². The molecular weight excluding hydrogens is 402 g/mol. The molecule has 4 aliphatic rings. The van der Waals surface area contributed by atoms with E-state index in [1.807, 2.05) is 24.0 Å². The van der Waals surface area contributed by atoms with Crippen molar-refractivity contribution in [2.24, 2.45) is 11.3 Å². The number of hydrogen-bond acceptors (Lipinski definition) is 5. The number of fused-ring (bicyclic) bond motifs is 4. The van der Waals surface area contributed by atoms with Crippen LogP contribution in [0, 0.1) is 11.3 Å². The molecule has 0 radical (unpaired) electrons. The van der Waals surface area contributed by atoms with E-state index in [1.165, 1.54) is 5.69 Å². The van der Waals surface area contributed by atoms with Crippen LogP contribution in [0.15, 0.2) is 24.3 Å². The smallest absolute Gasteiger partial charge is 0.320 e. The van der Waals surface area contributed by atoms with Crippen LogP contribution in [0.25, 0.3) is 0 Å². The Morgan fingerprint density at radius 2 is 1.77 bits per heavy atom. The number of nitrogens with zero attached hydrogens (tertiary/aromatic N) is 3. The second-order valence-corrected chi connectivity index (χ2v) is 12.0. The van der Waals surface area contributed by atoms with E-state index in [0.29, 0.717) is 43.7 Å². The first-order valence-corrected chi connectivity index (χ1v) is 12.8. The zero-order valence-corrected chi connectivity index (χ0v) is 19.1. The van der Waals surface area contributed by atoms with Crippen LogP contribution in [0.1, 0.15) is 27.2 Å². The maximum atomic E-state index is 13.3. The fraction of sp³-hybridized carbons (Fsp3) is 0.682. The molecule has 4 heterocycles. The minimum absolute atomic E-state index is 0.0474. The molecule has 1 aromatic rings. The first kappa shape index (κ1) is 21.6. The monoisotopic (exact) mass is 437 g/mol. The van der Waals surface area contributed by atoms with Gasteiger partial charge in [-0.15, -0.1) is 0 Å². The second kappa shape index (κ2) is 8.13. The first-order valence-electron chi connectivity index (χ1n) is 11.0. The quantitative estimate of drug-likeness (QED) is 0.752. The summed E-state index contributed by atoms with van der Waals surface area (Å²) in [6.45, 7) is 10.5. The van der Waals surface area contributed by atoms with Crippen LogP contribution in [0.3, 0.4) is 0 Å². The van der Waals surface area contributed by atoms with Gasteiger partial charge in [0, 0.05) is 38.4 Å². The summed E-state index contributed by atoms with van der Waals surface area (Å²) in [6, 6.07) is 8.60. The van der Waals surface area contributed by atoms with Gasteiger partial charge in [0.2, 0.25) is 0 Å². The van der Waals surface area contributed by atoms with Crippen molar-refractivity contribution in [2.75, 3.05) is 55.7 Å². The highest BCUT2D eigenvalue weighted by Gasteiger charge is 2.47. The zero-order chi connectivity index (χ0) is 21.5. The van der Waals surface area contributed by atoms with Crippen LogP contribution in [-0.2, 0) is 0 Å². The van der Waals surface area contributed by atoms with E-state index in [1.54, 1.807) is 4.90 Å². The van der Waals surface area contributed by atoms with E-state index in [-0.39, 0.29) is 17.5 Å². The summed E-state index contributed by atoms with van der Waals surface area (Å²) < 4.78 is 25.4. The van der Waals surface area contributed by atoms with Crippen molar-refractivity contribution < 1.29 is 18.6 Å². The molecule has 2 bridgehead atoms. The topological polar surface area (TPSA) is 76.5 Å². The lowest BCUT2D eigenvalue weighted by Gasteiger charge is -2.48. The standard InChI is InChI=1S/C22H35N3O4S/c1-4-29-19-7-5-18(6-8-19)25-15-17-13-22(2,3)20(25)16-24(14-17)21(26)23-9-11-30(27,28)12-10-23/h5-8,17,20,27-28H,4,9-16H2,1-3H3/t17-,20-/m1/s1. The minimum Gasteiger partial charge on any atom is -0.494 e. The number of piperidine rings is 1. The molecule has 0 aromatic heterocycles. The van der Waals surface area contributed by atoms with Gasteiger partial charge in [-0.1, -0.05) is 13.8 Å². The second-order valence-electron chi connectivity index (χ2n) is 9.54. The van der Waals surface area contributed by atoms with Crippen LogP contribution >= 0.6 is 10.6 Å². The number of hydrogen-bond donors (Lipinski definition) is 2. The summed E-state index contributed by atoms with van der Waals surface area (Å²) >= 11 is 0. The molecule has 5 rings (SSSR count). The molecule has 4 aliphatic heterocycles. The van der Waals surface area contributed by atoms with E-state index < -0.39 is 10.6 Å². The highest BCUT2D eigenvalue weighted by atomic mass is 32.3. The fourth-order valence-electron chi connectivity index (χ4n) is 5.29. The third kappa shape index (κ3) is 4.36. The van der Waals surface area contributed by atoms with E-state index in [2.05, 4.69) is 30.9 Å². The van der Waals surface area contributed by atoms with Gasteiger partial charge in [-0.3, -0.25) is 9.11 Å². The number of amides is 2. The first-order chi connectivity index (χ1) is 14.2. The Balaban J connectivity index is 1.52. The number of carbonyl (C=O) groups excluding carboxylic acids is 1. The average molecular weight is 438 g/mol. The highest BCUT2D eigenvalue weighted by molar-refractivity contribution is 8.24. The van der Waals surface area contributed by atoms with Crippen LogP contribution < -0.4 is 9.64 Å². The number of urea groups is 1. The van der Waals surface area contributed by atoms with Crippen molar-refractivity contribution in [3.63, 3.8) is 0 Å². The lowest BCUT2D eigenvalue weighted by Crippen LogP contribution is -2.55. The normalized spacial score (nSPS) is 28.8. The predicted octanol–water partition coefficient (Wildman–Crippen LogP) is 3.81. The van der Waals surface area contributed by atoms with Crippen molar-refractivity contribution in [1.82, 2.24) is 9.80 Å². The molecule has 0 saturated carbocycles. The molecule has 2 amide bonds. The summed E-state index contributed by atoms with van der Waals surface area (Å²) in [4.78, 5) is 19.6. The van der Waals surface area contributed by atoms with Crippen molar-refractivity contribution in [3.8, 4) is 5.75 Å². The summed E-state index contributed by atoms with van der Waals surface area (Å²) in [5.41, 5.74) is 1.29. The summed E-state index contributed by atoms with van der Waals surface area (Å²) in [6.07, 6.45) is 1.11. The fourth-order valence-corrected chi connectivity index (χ4v) is 6.52. The highest BCUT2D eigenvalue weighted by Crippen LogP contribution is 2.44. The molecule has 4 saturated heterocycles. The minimum atomic E-state index is -2.50. The molecule has 1 aromatic carbocycles. The largest absolute Gasteiger partial charge is 0.494 e. The van der Waals surface area contributed by atoms with Gasteiger partial charge >= 0.3 is 6.03 Å².